The summed E-state index contributed by atoms with van der Waals surface area (Å²) >= 11 is 0. The van der Waals surface area contributed by atoms with E-state index in [-0.39, 0.29) is 18.3 Å². The summed E-state index contributed by atoms with van der Waals surface area (Å²) in [5, 5.41) is 7.69. The standard InChI is InChI=1S/C19H27N3O.ClH/c1-13-14(2)22-18-5-3-16(11-17(13)18)12-21-19(23)6-4-15-7-9-20-10-8-15;/h3,5,11,15,20,22H,4,6-10,12H2,1-2H3,(H,21,23);1H. The van der Waals surface area contributed by atoms with Crippen molar-refractivity contribution >= 4 is 29.2 Å². The quantitative estimate of drug-likeness (QED) is 0.772. The number of aryl methyl sites for hydroxylation is 2. The Morgan fingerprint density at radius 2 is 2.00 bits per heavy atom. The number of piperidine rings is 1. The zero-order valence-electron chi connectivity index (χ0n) is 14.6. The second-order valence-electron chi connectivity index (χ2n) is 6.76. The molecule has 0 unspecified atom stereocenters. The number of benzene rings is 1. The van der Waals surface area contributed by atoms with Crippen LogP contribution in [0.25, 0.3) is 10.9 Å². The molecule has 0 aliphatic carbocycles. The lowest BCUT2D eigenvalue weighted by atomic mass is 9.93. The summed E-state index contributed by atoms with van der Waals surface area (Å²) in [6, 6.07) is 6.37. The van der Waals surface area contributed by atoms with Gasteiger partial charge in [-0.15, -0.1) is 12.4 Å². The number of aromatic amines is 1. The first kappa shape index (κ1) is 18.8. The number of H-pyrrole nitrogens is 1. The predicted molar refractivity (Wildman–Crippen MR) is 102 cm³/mol. The summed E-state index contributed by atoms with van der Waals surface area (Å²) < 4.78 is 0. The Hall–Kier alpha value is -1.52. The fraction of sp³-hybridized carbons (Fsp3) is 0.526. The summed E-state index contributed by atoms with van der Waals surface area (Å²) in [7, 11) is 0. The number of halogens is 1. The van der Waals surface area contributed by atoms with E-state index >= 15 is 0 Å². The van der Waals surface area contributed by atoms with Gasteiger partial charge in [0.1, 0.15) is 0 Å². The molecule has 1 fully saturated rings. The highest BCUT2D eigenvalue weighted by molar-refractivity contribution is 5.85. The van der Waals surface area contributed by atoms with Crippen LogP contribution in [0.1, 0.15) is 42.5 Å². The van der Waals surface area contributed by atoms with Crippen molar-refractivity contribution in [3.8, 4) is 0 Å². The molecule has 24 heavy (non-hydrogen) atoms. The number of fused-ring (bicyclic) bond motifs is 1. The molecule has 1 aliphatic rings. The molecule has 4 nitrogen and oxygen atoms in total. The van der Waals surface area contributed by atoms with Crippen LogP contribution in [0.5, 0.6) is 0 Å². The van der Waals surface area contributed by atoms with Crippen molar-refractivity contribution in [1.29, 1.82) is 0 Å². The molecule has 2 aromatic rings. The van der Waals surface area contributed by atoms with Gasteiger partial charge in [-0.1, -0.05) is 6.07 Å². The van der Waals surface area contributed by atoms with Crippen molar-refractivity contribution in [1.82, 2.24) is 15.6 Å². The number of carbonyl (C=O) groups excluding carboxylic acids is 1. The normalized spacial score (nSPS) is 15.2. The summed E-state index contributed by atoms with van der Waals surface area (Å²) in [6.45, 7) is 7.04. The molecule has 132 valence electrons. The molecule has 0 bridgehead atoms. The minimum atomic E-state index is 0. The number of aromatic nitrogens is 1. The van der Waals surface area contributed by atoms with Crippen molar-refractivity contribution < 1.29 is 4.79 Å². The highest BCUT2D eigenvalue weighted by Crippen LogP contribution is 2.22. The maximum atomic E-state index is 12.1. The first-order valence-electron chi connectivity index (χ1n) is 8.68. The number of hydrogen-bond donors (Lipinski definition) is 3. The van der Waals surface area contributed by atoms with Crippen LogP contribution in [0.4, 0.5) is 0 Å². The van der Waals surface area contributed by atoms with E-state index in [1.165, 1.54) is 35.0 Å². The molecule has 0 saturated carbocycles. The average Bonchev–Trinajstić information content (AvgIpc) is 2.86. The van der Waals surface area contributed by atoms with Crippen LogP contribution >= 0.6 is 12.4 Å². The lowest BCUT2D eigenvalue weighted by Crippen LogP contribution is -2.29. The molecule has 1 aromatic carbocycles. The monoisotopic (exact) mass is 349 g/mol. The van der Waals surface area contributed by atoms with Crippen LogP contribution in [0.2, 0.25) is 0 Å². The van der Waals surface area contributed by atoms with Gasteiger partial charge in [-0.2, -0.15) is 0 Å². The lowest BCUT2D eigenvalue weighted by Gasteiger charge is -2.22. The third kappa shape index (κ3) is 4.52. The van der Waals surface area contributed by atoms with Crippen LogP contribution < -0.4 is 10.6 Å². The van der Waals surface area contributed by atoms with Crippen LogP contribution in [-0.2, 0) is 11.3 Å². The average molecular weight is 350 g/mol. The van der Waals surface area contributed by atoms with E-state index in [0.717, 1.165) is 25.1 Å². The predicted octanol–water partition coefficient (Wildman–Crippen LogP) is 3.60. The molecule has 0 spiro atoms. The van der Waals surface area contributed by atoms with Gasteiger partial charge in [0.05, 0.1) is 0 Å². The summed E-state index contributed by atoms with van der Waals surface area (Å²) in [5.74, 6) is 0.884. The highest BCUT2D eigenvalue weighted by Gasteiger charge is 2.14. The molecule has 0 atom stereocenters. The van der Waals surface area contributed by atoms with Crippen LogP contribution in [0.15, 0.2) is 18.2 Å². The van der Waals surface area contributed by atoms with Crippen molar-refractivity contribution in [2.45, 2.75) is 46.1 Å². The Labute approximate surface area is 150 Å². The van der Waals surface area contributed by atoms with E-state index in [9.17, 15) is 4.79 Å². The van der Waals surface area contributed by atoms with Crippen molar-refractivity contribution in [2.24, 2.45) is 5.92 Å². The largest absolute Gasteiger partial charge is 0.358 e. The Morgan fingerprint density at radius 1 is 1.25 bits per heavy atom. The molecule has 0 radical (unpaired) electrons. The van der Waals surface area contributed by atoms with E-state index in [2.05, 4.69) is 47.7 Å². The van der Waals surface area contributed by atoms with Gasteiger partial charge in [0.25, 0.3) is 0 Å². The third-order valence-electron chi connectivity index (χ3n) is 5.10. The van der Waals surface area contributed by atoms with Gasteiger partial charge < -0.3 is 15.6 Å². The smallest absolute Gasteiger partial charge is 0.220 e. The van der Waals surface area contributed by atoms with Crippen LogP contribution in [-0.4, -0.2) is 24.0 Å². The number of nitrogens with one attached hydrogen (secondary N) is 3. The molecular formula is C19H28ClN3O. The molecule has 2 heterocycles. The highest BCUT2D eigenvalue weighted by atomic mass is 35.5. The second-order valence-corrected chi connectivity index (χ2v) is 6.76. The van der Waals surface area contributed by atoms with Gasteiger partial charge in [-0.25, -0.2) is 0 Å². The maximum Gasteiger partial charge on any atom is 0.220 e. The number of hydrogen-bond acceptors (Lipinski definition) is 2. The topological polar surface area (TPSA) is 56.9 Å². The Kier molecular flexibility index (Phi) is 6.69. The van der Waals surface area contributed by atoms with Gasteiger partial charge in [0.15, 0.2) is 0 Å². The zero-order valence-corrected chi connectivity index (χ0v) is 15.4. The first-order valence-corrected chi connectivity index (χ1v) is 8.68. The Balaban J connectivity index is 0.00000208. The number of carbonyl (C=O) groups is 1. The van der Waals surface area contributed by atoms with E-state index in [4.69, 9.17) is 0 Å². The van der Waals surface area contributed by atoms with Crippen molar-refractivity contribution in [3.63, 3.8) is 0 Å². The SMILES string of the molecule is Cc1[nH]c2ccc(CNC(=O)CCC3CCNCC3)cc2c1C.Cl. The van der Waals surface area contributed by atoms with Gasteiger partial charge in [-0.05, 0) is 75.4 Å². The maximum absolute atomic E-state index is 12.1. The van der Waals surface area contributed by atoms with Gasteiger partial charge in [0.2, 0.25) is 5.91 Å². The van der Waals surface area contributed by atoms with E-state index < -0.39 is 0 Å². The molecule has 5 heteroatoms. The second kappa shape index (κ2) is 8.54. The molecule has 1 aromatic heterocycles. The van der Waals surface area contributed by atoms with Crippen LogP contribution in [0.3, 0.4) is 0 Å². The summed E-state index contributed by atoms with van der Waals surface area (Å²) in [4.78, 5) is 15.4. The van der Waals surface area contributed by atoms with E-state index in [1.807, 2.05) is 0 Å². The van der Waals surface area contributed by atoms with E-state index in [1.54, 1.807) is 0 Å². The summed E-state index contributed by atoms with van der Waals surface area (Å²) in [5.41, 5.74) is 4.83. The van der Waals surface area contributed by atoms with Crippen LogP contribution in [0, 0.1) is 19.8 Å². The third-order valence-corrected chi connectivity index (χ3v) is 5.10. The van der Waals surface area contributed by atoms with Gasteiger partial charge in [-0.3, -0.25) is 4.79 Å². The molecular weight excluding hydrogens is 322 g/mol. The molecule has 1 saturated heterocycles. The Bertz CT molecular complexity index is 689. The minimum Gasteiger partial charge on any atom is -0.358 e. The fourth-order valence-electron chi connectivity index (χ4n) is 3.41. The molecule has 1 aliphatic heterocycles. The van der Waals surface area contributed by atoms with Gasteiger partial charge in [0, 0.05) is 29.6 Å². The Morgan fingerprint density at radius 3 is 2.75 bits per heavy atom. The fourth-order valence-corrected chi connectivity index (χ4v) is 3.41. The molecule has 3 rings (SSSR count). The lowest BCUT2D eigenvalue weighted by molar-refractivity contribution is -0.121. The van der Waals surface area contributed by atoms with E-state index in [0.29, 0.717) is 18.9 Å². The minimum absolute atomic E-state index is 0. The number of rotatable bonds is 5. The number of amides is 1. The molecule has 1 amide bonds. The van der Waals surface area contributed by atoms with Crippen molar-refractivity contribution in [3.05, 3.63) is 35.0 Å². The molecule has 3 N–H and O–H groups in total. The summed E-state index contributed by atoms with van der Waals surface area (Å²) in [6.07, 6.45) is 4.07. The van der Waals surface area contributed by atoms with Gasteiger partial charge >= 0.3 is 0 Å². The first-order chi connectivity index (χ1) is 11.1. The zero-order chi connectivity index (χ0) is 16.2. The van der Waals surface area contributed by atoms with Crippen molar-refractivity contribution in [2.75, 3.05) is 13.1 Å².